The van der Waals surface area contributed by atoms with Gasteiger partial charge in [0.25, 0.3) is 0 Å². The average Bonchev–Trinajstić information content (AvgIpc) is 3.39. The molecule has 0 bridgehead atoms. The quantitative estimate of drug-likeness (QED) is 0.745. The molecule has 2 N–H and O–H groups in total. The van der Waals surface area contributed by atoms with Crippen LogP contribution < -0.4 is 5.32 Å². The van der Waals surface area contributed by atoms with Crippen molar-refractivity contribution in [3.8, 4) is 11.1 Å². The largest absolute Gasteiger partial charge is 0.480 e. The van der Waals surface area contributed by atoms with Gasteiger partial charge in [0.1, 0.15) is 12.6 Å². The van der Waals surface area contributed by atoms with Gasteiger partial charge in [-0.15, -0.1) is 0 Å². The molecule has 2 atom stereocenters. The Labute approximate surface area is 181 Å². The molecule has 2 aliphatic rings. The second-order valence-corrected chi connectivity index (χ2v) is 8.14. The van der Waals surface area contributed by atoms with Crippen LogP contribution in [0.1, 0.15) is 36.8 Å². The molecular weight excluding hydrogens is 396 g/mol. The Hall–Kier alpha value is -3.35. The topological polar surface area (TPSA) is 95.9 Å². The van der Waals surface area contributed by atoms with Gasteiger partial charge in [0, 0.05) is 19.0 Å². The molecule has 7 heteroatoms. The summed E-state index contributed by atoms with van der Waals surface area (Å²) in [5.74, 6) is -1.80. The Kier molecular flexibility index (Phi) is 5.93. The van der Waals surface area contributed by atoms with Crippen LogP contribution in [0.4, 0.5) is 4.79 Å². The number of carboxylic acid groups (broad SMARTS) is 1. The number of carboxylic acids is 1. The molecule has 0 aromatic heterocycles. The molecule has 1 fully saturated rings. The van der Waals surface area contributed by atoms with Crippen molar-refractivity contribution < 1.29 is 24.2 Å². The number of rotatable bonds is 6. The molecule has 1 heterocycles. The number of ether oxygens (including phenoxy) is 1. The van der Waals surface area contributed by atoms with Gasteiger partial charge in [-0.3, -0.25) is 4.79 Å². The van der Waals surface area contributed by atoms with Crippen LogP contribution in [0.25, 0.3) is 11.1 Å². The summed E-state index contributed by atoms with van der Waals surface area (Å²) in [6, 6.07) is 15.4. The molecule has 4 rings (SSSR count). The number of hydrogen-bond donors (Lipinski definition) is 2. The number of nitrogens with one attached hydrogen (secondary N) is 1. The van der Waals surface area contributed by atoms with Crippen LogP contribution in [0.15, 0.2) is 48.5 Å². The Bertz CT molecular complexity index is 959. The van der Waals surface area contributed by atoms with Crippen LogP contribution in [0.2, 0.25) is 0 Å². The van der Waals surface area contributed by atoms with E-state index in [0.29, 0.717) is 19.4 Å². The molecule has 162 valence electrons. The molecule has 1 unspecified atom stereocenters. The van der Waals surface area contributed by atoms with E-state index in [2.05, 4.69) is 29.6 Å². The van der Waals surface area contributed by atoms with E-state index in [1.807, 2.05) is 24.3 Å². The van der Waals surface area contributed by atoms with Crippen LogP contribution in [-0.4, -0.2) is 53.7 Å². The van der Waals surface area contributed by atoms with E-state index in [9.17, 15) is 19.5 Å². The zero-order chi connectivity index (χ0) is 22.0. The normalized spacial score (nSPS) is 18.2. The first-order valence-corrected chi connectivity index (χ1v) is 10.6. The van der Waals surface area contributed by atoms with Crippen molar-refractivity contribution in [2.45, 2.75) is 31.7 Å². The fourth-order valence-corrected chi connectivity index (χ4v) is 4.54. The van der Waals surface area contributed by atoms with Crippen molar-refractivity contribution in [1.29, 1.82) is 0 Å². The van der Waals surface area contributed by atoms with Crippen molar-refractivity contribution in [1.82, 2.24) is 10.2 Å². The van der Waals surface area contributed by atoms with Crippen molar-refractivity contribution in [2.75, 3.05) is 19.7 Å². The smallest absolute Gasteiger partial charge is 0.407 e. The maximum Gasteiger partial charge on any atom is 0.407 e. The number of aliphatic carboxylic acids is 1. The Morgan fingerprint density at radius 1 is 1.10 bits per heavy atom. The Morgan fingerprint density at radius 2 is 1.71 bits per heavy atom. The first-order valence-electron chi connectivity index (χ1n) is 10.6. The highest BCUT2D eigenvalue weighted by Crippen LogP contribution is 2.44. The summed E-state index contributed by atoms with van der Waals surface area (Å²) in [5, 5.41) is 11.9. The highest BCUT2D eigenvalue weighted by Gasteiger charge is 2.36. The van der Waals surface area contributed by atoms with Gasteiger partial charge in [-0.2, -0.15) is 0 Å². The number of nitrogens with zero attached hydrogens (tertiary/aromatic N) is 1. The summed E-state index contributed by atoms with van der Waals surface area (Å²) in [7, 11) is 0. The predicted molar refractivity (Wildman–Crippen MR) is 115 cm³/mol. The van der Waals surface area contributed by atoms with Gasteiger partial charge >= 0.3 is 12.1 Å². The predicted octanol–water partition coefficient (Wildman–Crippen LogP) is 3.24. The molecule has 1 aliphatic heterocycles. The van der Waals surface area contributed by atoms with Gasteiger partial charge in [-0.05, 0) is 35.1 Å². The Balaban J connectivity index is 1.32. The van der Waals surface area contributed by atoms with Crippen LogP contribution in [0.3, 0.4) is 0 Å². The van der Waals surface area contributed by atoms with E-state index in [1.54, 1.807) is 6.92 Å². The summed E-state index contributed by atoms with van der Waals surface area (Å²) < 4.78 is 5.49. The molecule has 2 aromatic carbocycles. The van der Waals surface area contributed by atoms with Gasteiger partial charge in [0.15, 0.2) is 0 Å². The summed E-state index contributed by atoms with van der Waals surface area (Å²) >= 11 is 0. The fraction of sp³-hybridized carbons (Fsp3) is 0.375. The molecule has 2 aromatic rings. The van der Waals surface area contributed by atoms with Gasteiger partial charge < -0.3 is 20.1 Å². The monoisotopic (exact) mass is 422 g/mol. The van der Waals surface area contributed by atoms with Crippen molar-refractivity contribution in [2.24, 2.45) is 5.92 Å². The summed E-state index contributed by atoms with van der Waals surface area (Å²) in [5.41, 5.74) is 4.58. The minimum atomic E-state index is -0.984. The molecule has 2 amide bonds. The number of carbonyl (C=O) groups excluding carboxylic acids is 2. The number of hydrogen-bond acceptors (Lipinski definition) is 4. The summed E-state index contributed by atoms with van der Waals surface area (Å²) in [6.45, 7) is 2.42. The van der Waals surface area contributed by atoms with E-state index in [0.717, 1.165) is 22.3 Å². The number of alkyl carbamates (subject to hydrolysis) is 1. The highest BCUT2D eigenvalue weighted by atomic mass is 16.5. The Morgan fingerprint density at radius 3 is 2.32 bits per heavy atom. The maximum atomic E-state index is 12.6. The molecule has 0 spiro atoms. The minimum Gasteiger partial charge on any atom is -0.480 e. The molecule has 1 saturated heterocycles. The van der Waals surface area contributed by atoms with Crippen LogP contribution >= 0.6 is 0 Å². The van der Waals surface area contributed by atoms with E-state index in [4.69, 9.17) is 4.74 Å². The van der Waals surface area contributed by atoms with E-state index < -0.39 is 24.0 Å². The lowest BCUT2D eigenvalue weighted by Crippen LogP contribution is -2.45. The number of benzene rings is 2. The number of amides is 2. The summed E-state index contributed by atoms with van der Waals surface area (Å²) in [6.07, 6.45) is 0.556. The first-order chi connectivity index (χ1) is 15.0. The third-order valence-electron chi connectivity index (χ3n) is 6.14. The van der Waals surface area contributed by atoms with E-state index in [-0.39, 0.29) is 25.0 Å². The van der Waals surface area contributed by atoms with Gasteiger partial charge in [0.05, 0.1) is 5.92 Å². The minimum absolute atomic E-state index is 0.0295. The third-order valence-corrected chi connectivity index (χ3v) is 6.14. The van der Waals surface area contributed by atoms with Crippen molar-refractivity contribution in [3.63, 3.8) is 0 Å². The molecule has 1 aliphatic carbocycles. The SMILES string of the molecule is CC(CNC(=O)OCC1c2ccccc2-c2ccccc21)C(=O)N1CCC[C@H]1C(=O)O. The van der Waals surface area contributed by atoms with E-state index >= 15 is 0 Å². The molecule has 0 radical (unpaired) electrons. The number of carbonyl (C=O) groups is 3. The maximum absolute atomic E-state index is 12.6. The molecule has 0 saturated carbocycles. The van der Waals surface area contributed by atoms with Gasteiger partial charge in [-0.25, -0.2) is 9.59 Å². The number of fused-ring (bicyclic) bond motifs is 3. The standard InChI is InChI=1S/C24H26N2O5/c1-15(22(27)26-12-6-11-21(26)23(28)29)13-25-24(30)31-14-20-18-9-4-2-7-16(18)17-8-3-5-10-19(17)20/h2-5,7-10,15,20-21H,6,11-14H2,1H3,(H,25,30)(H,28,29)/t15?,21-/m0/s1. The van der Waals surface area contributed by atoms with Gasteiger partial charge in [0.2, 0.25) is 5.91 Å². The average molecular weight is 422 g/mol. The van der Waals surface area contributed by atoms with E-state index in [1.165, 1.54) is 4.90 Å². The highest BCUT2D eigenvalue weighted by molar-refractivity contribution is 5.86. The lowest BCUT2D eigenvalue weighted by atomic mass is 9.98. The second kappa shape index (κ2) is 8.79. The first kappa shape index (κ1) is 20.9. The molecule has 7 nitrogen and oxygen atoms in total. The molecule has 31 heavy (non-hydrogen) atoms. The van der Waals surface area contributed by atoms with Crippen molar-refractivity contribution in [3.05, 3.63) is 59.7 Å². The number of likely N-dealkylation sites (tertiary alicyclic amines) is 1. The van der Waals surface area contributed by atoms with Crippen LogP contribution in [0.5, 0.6) is 0 Å². The fourth-order valence-electron chi connectivity index (χ4n) is 4.54. The van der Waals surface area contributed by atoms with Crippen molar-refractivity contribution >= 4 is 18.0 Å². The lowest BCUT2D eigenvalue weighted by molar-refractivity contribution is -0.149. The van der Waals surface area contributed by atoms with Crippen LogP contribution in [-0.2, 0) is 14.3 Å². The van der Waals surface area contributed by atoms with Gasteiger partial charge in [-0.1, -0.05) is 55.5 Å². The zero-order valence-electron chi connectivity index (χ0n) is 17.4. The molecular formula is C24H26N2O5. The summed E-state index contributed by atoms with van der Waals surface area (Å²) in [4.78, 5) is 37.6. The lowest BCUT2D eigenvalue weighted by Gasteiger charge is -2.25. The zero-order valence-corrected chi connectivity index (χ0v) is 17.4. The third kappa shape index (κ3) is 4.13. The second-order valence-electron chi connectivity index (χ2n) is 8.14. The van der Waals surface area contributed by atoms with Crippen LogP contribution in [0, 0.1) is 5.92 Å².